The molecule has 5 atom stereocenters. The number of rotatable bonds is 3. The summed E-state index contributed by atoms with van der Waals surface area (Å²) >= 11 is 0. The maximum Gasteiger partial charge on any atom is 0.410 e. The van der Waals surface area contributed by atoms with Gasteiger partial charge in [-0.25, -0.2) is 0 Å². The van der Waals surface area contributed by atoms with Crippen LogP contribution in [0.1, 0.15) is 40.0 Å². The highest BCUT2D eigenvalue weighted by molar-refractivity contribution is 7.88. The van der Waals surface area contributed by atoms with E-state index in [0.717, 1.165) is 0 Å². The van der Waals surface area contributed by atoms with Gasteiger partial charge in [0.15, 0.2) is 4.75 Å². The molecule has 9 heteroatoms. The van der Waals surface area contributed by atoms with Crippen LogP contribution in [0.15, 0.2) is 0 Å². The van der Waals surface area contributed by atoms with Crippen LogP contribution in [0.3, 0.4) is 0 Å². The molecule has 0 spiro atoms. The number of carbonyl (C=O) groups is 1. The highest BCUT2D eigenvalue weighted by Crippen LogP contribution is 2.66. The van der Waals surface area contributed by atoms with Crippen LogP contribution in [-0.4, -0.2) is 37.5 Å². The molecule has 1 heterocycles. The molecule has 3 rings (SSSR count). The highest BCUT2D eigenvalue weighted by atomic mass is 32.2. The summed E-state index contributed by atoms with van der Waals surface area (Å²) in [5.74, 6) is -2.37. The van der Waals surface area contributed by atoms with E-state index in [4.69, 9.17) is 8.92 Å². The molecule has 0 aromatic carbocycles. The third-order valence-corrected chi connectivity index (χ3v) is 7.82. The van der Waals surface area contributed by atoms with Crippen molar-refractivity contribution in [2.45, 2.75) is 63.2 Å². The van der Waals surface area contributed by atoms with Crippen LogP contribution >= 0.6 is 0 Å². The summed E-state index contributed by atoms with van der Waals surface area (Å²) in [6, 6.07) is 0. The van der Waals surface area contributed by atoms with Crippen molar-refractivity contribution in [2.24, 2.45) is 17.3 Å². The van der Waals surface area contributed by atoms with Crippen LogP contribution in [0.4, 0.5) is 13.2 Å². The van der Waals surface area contributed by atoms with Gasteiger partial charge in [-0.2, -0.15) is 21.6 Å². The topological polar surface area (TPSA) is 69.7 Å². The summed E-state index contributed by atoms with van der Waals surface area (Å²) < 4.78 is 71.8. The summed E-state index contributed by atoms with van der Waals surface area (Å²) in [5.41, 5.74) is -0.777. The number of carbonyl (C=O) groups excluding carboxylic acids is 1. The molecular formula is C14H19F3O5S. The smallest absolute Gasteiger partial charge is 0.410 e. The maximum atomic E-state index is 13.5. The Bertz CT molecular complexity index is 641. The molecule has 0 aromatic rings. The normalized spacial score (nSPS) is 41.3. The van der Waals surface area contributed by atoms with Crippen molar-refractivity contribution in [1.82, 2.24) is 0 Å². The maximum absolute atomic E-state index is 13.5. The average Bonchev–Trinajstić information content (AvgIpc) is 2.99. The van der Waals surface area contributed by atoms with Crippen LogP contribution in [0, 0.1) is 17.3 Å². The average molecular weight is 356 g/mol. The largest absolute Gasteiger partial charge is 0.459 e. The molecular weight excluding hydrogens is 337 g/mol. The standard InChI is InChI=1S/C14H19F3O5S/c1-4-12(2,3)11(18)21-9-7-5-8-10(9)22-23(19,20)13(8,6-7)14(15,16)17/h7-10H,4-6H2,1-3H3. The lowest BCUT2D eigenvalue weighted by Gasteiger charge is -2.34. The van der Waals surface area contributed by atoms with E-state index in [2.05, 4.69) is 0 Å². The molecule has 23 heavy (non-hydrogen) atoms. The minimum atomic E-state index is -4.89. The fraction of sp³-hybridized carbons (Fsp3) is 0.929. The van der Waals surface area contributed by atoms with Crippen molar-refractivity contribution in [3.05, 3.63) is 0 Å². The van der Waals surface area contributed by atoms with E-state index in [1.165, 1.54) is 0 Å². The van der Waals surface area contributed by atoms with Gasteiger partial charge < -0.3 is 4.74 Å². The van der Waals surface area contributed by atoms with Crippen LogP contribution in [0.2, 0.25) is 0 Å². The van der Waals surface area contributed by atoms with Gasteiger partial charge in [-0.1, -0.05) is 6.92 Å². The molecule has 1 saturated heterocycles. The van der Waals surface area contributed by atoms with E-state index in [9.17, 15) is 26.4 Å². The Balaban J connectivity index is 1.90. The second-order valence-corrected chi connectivity index (χ2v) is 9.15. The second-order valence-electron chi connectivity index (χ2n) is 7.32. The lowest BCUT2D eigenvalue weighted by molar-refractivity contribution is -0.184. The Morgan fingerprint density at radius 2 is 1.96 bits per heavy atom. The van der Waals surface area contributed by atoms with Gasteiger partial charge in [-0.05, 0) is 33.1 Å². The molecule has 3 aliphatic rings. The van der Waals surface area contributed by atoms with E-state index in [0.29, 0.717) is 6.42 Å². The number of fused-ring (bicyclic) bond motifs is 1. The van der Waals surface area contributed by atoms with Gasteiger partial charge in [0.1, 0.15) is 12.2 Å². The second kappa shape index (κ2) is 4.62. The number of ether oxygens (including phenoxy) is 1. The summed E-state index contributed by atoms with van der Waals surface area (Å²) in [7, 11) is -4.78. The molecule has 2 saturated carbocycles. The van der Waals surface area contributed by atoms with Crippen LogP contribution < -0.4 is 0 Å². The van der Waals surface area contributed by atoms with Gasteiger partial charge in [0.25, 0.3) is 10.1 Å². The zero-order valence-electron chi connectivity index (χ0n) is 13.0. The van der Waals surface area contributed by atoms with E-state index < -0.39 is 62.9 Å². The predicted octanol–water partition coefficient (Wildman–Crippen LogP) is 2.40. The van der Waals surface area contributed by atoms with Crippen LogP contribution in [0.25, 0.3) is 0 Å². The summed E-state index contributed by atoms with van der Waals surface area (Å²) in [4.78, 5) is 12.2. The number of halogens is 3. The zero-order valence-corrected chi connectivity index (χ0v) is 13.8. The summed E-state index contributed by atoms with van der Waals surface area (Å²) in [6.45, 7) is 5.15. The minimum Gasteiger partial charge on any atom is -0.459 e. The first-order valence-electron chi connectivity index (χ1n) is 7.58. The Morgan fingerprint density at radius 3 is 2.48 bits per heavy atom. The quantitative estimate of drug-likeness (QED) is 0.574. The molecule has 5 nitrogen and oxygen atoms in total. The Labute approximate surface area is 132 Å². The predicted molar refractivity (Wildman–Crippen MR) is 72.7 cm³/mol. The van der Waals surface area contributed by atoms with E-state index in [1.807, 2.05) is 0 Å². The SMILES string of the molecule is CCC(C)(C)C(=O)OC1C2CC3C1OS(=O)(=O)C3(C(F)(F)F)C2. The van der Waals surface area contributed by atoms with Gasteiger partial charge in [-0.3, -0.25) is 8.98 Å². The lowest BCUT2D eigenvalue weighted by Crippen LogP contribution is -2.54. The molecule has 0 N–H and O–H groups in total. The third kappa shape index (κ3) is 2.01. The van der Waals surface area contributed by atoms with Crippen molar-refractivity contribution < 1.29 is 35.3 Å². The first-order valence-corrected chi connectivity index (χ1v) is 8.99. The fourth-order valence-corrected chi connectivity index (χ4v) is 6.00. The van der Waals surface area contributed by atoms with Crippen LogP contribution in [-0.2, 0) is 23.8 Å². The van der Waals surface area contributed by atoms with E-state index >= 15 is 0 Å². The fourth-order valence-electron chi connectivity index (χ4n) is 3.99. The summed E-state index contributed by atoms with van der Waals surface area (Å²) in [6.07, 6.45) is -7.08. The van der Waals surface area contributed by atoms with Gasteiger partial charge in [0.05, 0.1) is 5.41 Å². The molecule has 3 fully saturated rings. The first-order chi connectivity index (χ1) is 10.4. The Hall–Kier alpha value is -0.830. The van der Waals surface area contributed by atoms with E-state index in [1.54, 1.807) is 20.8 Å². The van der Waals surface area contributed by atoms with E-state index in [-0.39, 0.29) is 6.42 Å². The third-order valence-electron chi connectivity index (χ3n) is 5.75. The zero-order chi connectivity index (χ0) is 17.4. The van der Waals surface area contributed by atoms with Gasteiger partial charge in [-0.15, -0.1) is 0 Å². The number of alkyl halides is 3. The Morgan fingerprint density at radius 1 is 1.35 bits per heavy atom. The number of hydrogen-bond donors (Lipinski definition) is 0. The highest BCUT2D eigenvalue weighted by Gasteiger charge is 2.82. The minimum absolute atomic E-state index is 0.0495. The number of hydrogen-bond acceptors (Lipinski definition) is 5. The summed E-state index contributed by atoms with van der Waals surface area (Å²) in [5, 5.41) is 0. The number of esters is 1. The van der Waals surface area contributed by atoms with Crippen molar-refractivity contribution >= 4 is 16.1 Å². The molecule has 132 valence electrons. The van der Waals surface area contributed by atoms with Crippen molar-refractivity contribution in [2.75, 3.05) is 0 Å². The molecule has 1 aliphatic heterocycles. The Kier molecular flexibility index (Phi) is 3.42. The monoisotopic (exact) mass is 356 g/mol. The first kappa shape index (κ1) is 17.0. The molecule has 5 unspecified atom stereocenters. The van der Waals surface area contributed by atoms with Crippen molar-refractivity contribution in [1.29, 1.82) is 0 Å². The molecule has 2 bridgehead atoms. The lowest BCUT2D eigenvalue weighted by atomic mass is 9.83. The van der Waals surface area contributed by atoms with Gasteiger partial charge in [0.2, 0.25) is 0 Å². The molecule has 0 amide bonds. The molecule has 0 aromatic heterocycles. The van der Waals surface area contributed by atoms with Crippen LogP contribution in [0.5, 0.6) is 0 Å². The van der Waals surface area contributed by atoms with Crippen molar-refractivity contribution in [3.8, 4) is 0 Å². The van der Waals surface area contributed by atoms with Gasteiger partial charge >= 0.3 is 12.1 Å². The van der Waals surface area contributed by atoms with Crippen molar-refractivity contribution in [3.63, 3.8) is 0 Å². The molecule has 2 aliphatic carbocycles. The van der Waals surface area contributed by atoms with Gasteiger partial charge in [0, 0.05) is 11.8 Å². The molecule has 0 radical (unpaired) electrons.